The van der Waals surface area contributed by atoms with Crippen molar-refractivity contribution in [1.82, 2.24) is 19.9 Å². The quantitative estimate of drug-likeness (QED) is 0.848. The maximum Gasteiger partial charge on any atom is 0.410 e. The zero-order valence-electron chi connectivity index (χ0n) is 13.6. The predicted octanol–water partition coefficient (Wildman–Crippen LogP) is 2.03. The van der Waals surface area contributed by atoms with Crippen molar-refractivity contribution in [3.8, 4) is 0 Å². The van der Waals surface area contributed by atoms with E-state index >= 15 is 0 Å². The Morgan fingerprint density at radius 3 is 2.61 bits per heavy atom. The van der Waals surface area contributed by atoms with Gasteiger partial charge in [0.05, 0.1) is 12.2 Å². The van der Waals surface area contributed by atoms with Crippen LogP contribution in [-0.2, 0) is 9.53 Å². The Hall–Kier alpha value is -1.83. The van der Waals surface area contributed by atoms with Crippen molar-refractivity contribution in [2.45, 2.75) is 45.3 Å². The molecule has 9 heteroatoms. The SMILES string of the molecule is CC(C)(C)OC(=O)N1CCC(n2ncc(NC(=O)CCl)n2)CC1. The standard InChI is InChI=1S/C14H22ClN5O3/c1-14(2,3)23-13(22)19-6-4-10(5-7-19)20-16-9-11(18-20)17-12(21)8-15/h9-10H,4-8H2,1-3H3,(H,17,18,21). The molecule has 2 heterocycles. The molecule has 23 heavy (non-hydrogen) atoms. The molecule has 0 bridgehead atoms. The lowest BCUT2D eigenvalue weighted by atomic mass is 10.1. The fourth-order valence-corrected chi connectivity index (χ4v) is 2.36. The molecule has 1 aliphatic rings. The van der Waals surface area contributed by atoms with Crippen molar-refractivity contribution in [2.75, 3.05) is 24.3 Å². The molecular formula is C14H22ClN5O3. The summed E-state index contributed by atoms with van der Waals surface area (Å²) in [6.45, 7) is 6.72. The van der Waals surface area contributed by atoms with E-state index < -0.39 is 5.60 Å². The number of rotatable bonds is 3. The highest BCUT2D eigenvalue weighted by Crippen LogP contribution is 2.23. The molecule has 0 atom stereocenters. The lowest BCUT2D eigenvalue weighted by Gasteiger charge is -2.32. The minimum Gasteiger partial charge on any atom is -0.444 e. The summed E-state index contributed by atoms with van der Waals surface area (Å²) < 4.78 is 5.37. The minimum absolute atomic E-state index is 0.0929. The van der Waals surface area contributed by atoms with Crippen molar-refractivity contribution in [3.63, 3.8) is 0 Å². The van der Waals surface area contributed by atoms with Crippen LogP contribution < -0.4 is 5.32 Å². The van der Waals surface area contributed by atoms with Gasteiger partial charge < -0.3 is 15.0 Å². The van der Waals surface area contributed by atoms with E-state index in [-0.39, 0.29) is 23.9 Å². The lowest BCUT2D eigenvalue weighted by molar-refractivity contribution is -0.113. The van der Waals surface area contributed by atoms with Crippen LogP contribution in [0.3, 0.4) is 0 Å². The Labute approximate surface area is 140 Å². The molecule has 0 saturated carbocycles. The van der Waals surface area contributed by atoms with Crippen molar-refractivity contribution in [1.29, 1.82) is 0 Å². The van der Waals surface area contributed by atoms with Crippen LogP contribution in [0.5, 0.6) is 0 Å². The summed E-state index contributed by atoms with van der Waals surface area (Å²) in [5.74, 6) is -0.0649. The Morgan fingerprint density at radius 1 is 1.39 bits per heavy atom. The summed E-state index contributed by atoms with van der Waals surface area (Å²) in [6.07, 6.45) is 2.66. The van der Waals surface area contributed by atoms with Gasteiger partial charge in [-0.15, -0.1) is 16.7 Å². The Kier molecular flexibility index (Phi) is 5.46. The highest BCUT2D eigenvalue weighted by molar-refractivity contribution is 6.28. The summed E-state index contributed by atoms with van der Waals surface area (Å²) in [5, 5.41) is 11.0. The fourth-order valence-electron chi connectivity index (χ4n) is 2.29. The van der Waals surface area contributed by atoms with Gasteiger partial charge in [-0.2, -0.15) is 9.90 Å². The first-order valence-corrected chi connectivity index (χ1v) is 8.07. The first-order valence-electron chi connectivity index (χ1n) is 7.54. The molecule has 0 radical (unpaired) electrons. The number of nitrogens with one attached hydrogen (secondary N) is 1. The van der Waals surface area contributed by atoms with E-state index in [1.54, 1.807) is 9.70 Å². The first kappa shape index (κ1) is 17.5. The molecular weight excluding hydrogens is 322 g/mol. The third kappa shape index (κ3) is 5.09. The van der Waals surface area contributed by atoms with Gasteiger partial charge in [-0.1, -0.05) is 0 Å². The molecule has 1 fully saturated rings. The third-order valence-electron chi connectivity index (χ3n) is 3.34. The summed E-state index contributed by atoms with van der Waals surface area (Å²) in [4.78, 5) is 26.5. The van der Waals surface area contributed by atoms with Crippen molar-refractivity contribution < 1.29 is 14.3 Å². The van der Waals surface area contributed by atoms with E-state index in [0.717, 1.165) is 12.8 Å². The Morgan fingerprint density at radius 2 is 2.04 bits per heavy atom. The fraction of sp³-hybridized carbons (Fsp3) is 0.714. The van der Waals surface area contributed by atoms with Gasteiger partial charge in [-0.05, 0) is 33.6 Å². The largest absolute Gasteiger partial charge is 0.444 e. The average Bonchev–Trinajstić information content (AvgIpc) is 2.94. The molecule has 1 aliphatic heterocycles. The summed E-state index contributed by atoms with van der Waals surface area (Å²) in [7, 11) is 0. The number of ether oxygens (including phenoxy) is 1. The second-order valence-electron chi connectivity index (χ2n) is 6.43. The number of aromatic nitrogens is 3. The van der Waals surface area contributed by atoms with E-state index in [9.17, 15) is 9.59 Å². The van der Waals surface area contributed by atoms with Crippen molar-refractivity contribution in [3.05, 3.63) is 6.20 Å². The lowest BCUT2D eigenvalue weighted by Crippen LogP contribution is -2.42. The number of anilines is 1. The van der Waals surface area contributed by atoms with Crippen LogP contribution in [0.25, 0.3) is 0 Å². The van der Waals surface area contributed by atoms with Gasteiger partial charge in [0.15, 0.2) is 5.82 Å². The van der Waals surface area contributed by atoms with Gasteiger partial charge in [0.25, 0.3) is 0 Å². The smallest absolute Gasteiger partial charge is 0.410 e. The number of hydrogen-bond donors (Lipinski definition) is 1. The maximum atomic E-state index is 12.0. The molecule has 1 saturated heterocycles. The van der Waals surface area contributed by atoms with E-state index in [1.165, 1.54) is 6.20 Å². The monoisotopic (exact) mass is 343 g/mol. The molecule has 1 aromatic rings. The highest BCUT2D eigenvalue weighted by atomic mass is 35.5. The van der Waals surface area contributed by atoms with Crippen LogP contribution in [0.2, 0.25) is 0 Å². The molecule has 2 rings (SSSR count). The third-order valence-corrected chi connectivity index (χ3v) is 3.58. The molecule has 0 unspecified atom stereocenters. The normalized spacial score (nSPS) is 16.3. The molecule has 8 nitrogen and oxygen atoms in total. The number of carbonyl (C=O) groups is 2. The second kappa shape index (κ2) is 7.16. The maximum absolute atomic E-state index is 12.0. The average molecular weight is 344 g/mol. The number of likely N-dealkylation sites (tertiary alicyclic amines) is 1. The van der Waals surface area contributed by atoms with Crippen LogP contribution in [0.15, 0.2) is 6.20 Å². The Bertz CT molecular complexity index is 561. The van der Waals surface area contributed by atoms with E-state index in [0.29, 0.717) is 18.9 Å². The second-order valence-corrected chi connectivity index (χ2v) is 6.70. The number of carbonyl (C=O) groups excluding carboxylic acids is 2. The number of piperidine rings is 1. The van der Waals surface area contributed by atoms with Crippen LogP contribution in [0, 0.1) is 0 Å². The first-order chi connectivity index (χ1) is 10.8. The summed E-state index contributed by atoms with van der Waals surface area (Å²) in [6, 6.07) is 0.0929. The van der Waals surface area contributed by atoms with Crippen molar-refractivity contribution >= 4 is 29.4 Å². The zero-order chi connectivity index (χ0) is 17.0. The van der Waals surface area contributed by atoms with Crippen LogP contribution >= 0.6 is 11.6 Å². The number of alkyl halides is 1. The van der Waals surface area contributed by atoms with Crippen molar-refractivity contribution in [2.24, 2.45) is 0 Å². The van der Waals surface area contributed by atoms with E-state index in [2.05, 4.69) is 15.5 Å². The van der Waals surface area contributed by atoms with Gasteiger partial charge in [0, 0.05) is 13.1 Å². The van der Waals surface area contributed by atoms with Gasteiger partial charge in [0.1, 0.15) is 11.5 Å². The predicted molar refractivity (Wildman–Crippen MR) is 85.4 cm³/mol. The van der Waals surface area contributed by atoms with Crippen LogP contribution in [-0.4, -0.2) is 56.5 Å². The van der Waals surface area contributed by atoms with Gasteiger partial charge in [0.2, 0.25) is 5.91 Å². The van der Waals surface area contributed by atoms with Crippen LogP contribution in [0.1, 0.15) is 39.7 Å². The molecule has 0 spiro atoms. The zero-order valence-corrected chi connectivity index (χ0v) is 14.3. The number of halogens is 1. The molecule has 2 amide bonds. The summed E-state index contributed by atoms with van der Waals surface area (Å²) in [5.41, 5.74) is -0.493. The molecule has 0 aromatic carbocycles. The highest BCUT2D eigenvalue weighted by Gasteiger charge is 2.28. The Balaban J connectivity index is 1.87. The molecule has 0 aliphatic carbocycles. The van der Waals surface area contributed by atoms with Gasteiger partial charge >= 0.3 is 6.09 Å². The van der Waals surface area contributed by atoms with Gasteiger partial charge in [-0.3, -0.25) is 4.79 Å². The van der Waals surface area contributed by atoms with Gasteiger partial charge in [-0.25, -0.2) is 4.79 Å². The minimum atomic E-state index is -0.493. The number of hydrogen-bond acceptors (Lipinski definition) is 5. The number of amides is 2. The van der Waals surface area contributed by atoms with Crippen LogP contribution in [0.4, 0.5) is 10.6 Å². The molecule has 128 valence electrons. The number of nitrogens with zero attached hydrogens (tertiary/aromatic N) is 4. The molecule has 1 N–H and O–H groups in total. The topological polar surface area (TPSA) is 89.4 Å². The summed E-state index contributed by atoms with van der Waals surface area (Å²) >= 11 is 5.43. The molecule has 1 aromatic heterocycles. The van der Waals surface area contributed by atoms with E-state index in [4.69, 9.17) is 16.3 Å². The van der Waals surface area contributed by atoms with E-state index in [1.807, 2.05) is 20.8 Å².